The molecule has 0 radical (unpaired) electrons. The molecule has 1 atom stereocenters. The van der Waals surface area contributed by atoms with E-state index in [0.29, 0.717) is 36.8 Å². The summed E-state index contributed by atoms with van der Waals surface area (Å²) in [6.07, 6.45) is 4.14. The molecule has 198 valence electrons. The topological polar surface area (TPSA) is 92.9 Å². The zero-order chi connectivity index (χ0) is 26.8. The Balaban J connectivity index is 1.27. The van der Waals surface area contributed by atoms with Crippen LogP contribution >= 0.6 is 0 Å². The molecule has 0 bridgehead atoms. The lowest BCUT2D eigenvalue weighted by Gasteiger charge is -2.35. The molecule has 2 N–H and O–H groups in total. The Morgan fingerprint density at radius 3 is 2.74 bits per heavy atom. The Labute approximate surface area is 226 Å². The second-order valence-corrected chi connectivity index (χ2v) is 9.56. The van der Waals surface area contributed by atoms with Gasteiger partial charge >= 0.3 is 0 Å². The van der Waals surface area contributed by atoms with E-state index in [-0.39, 0.29) is 24.6 Å². The molecule has 3 heterocycles. The highest BCUT2D eigenvalue weighted by Crippen LogP contribution is 2.42. The minimum absolute atomic E-state index is 0.0941. The van der Waals surface area contributed by atoms with Crippen molar-refractivity contribution < 1.29 is 23.8 Å². The van der Waals surface area contributed by atoms with Gasteiger partial charge in [-0.05, 0) is 59.5 Å². The predicted molar refractivity (Wildman–Crippen MR) is 148 cm³/mol. The molecule has 0 spiro atoms. The smallest absolute Gasteiger partial charge is 0.251 e. The fourth-order valence-corrected chi connectivity index (χ4v) is 5.29. The van der Waals surface area contributed by atoms with Crippen LogP contribution in [-0.4, -0.2) is 55.3 Å². The Morgan fingerprint density at radius 1 is 1.08 bits per heavy atom. The van der Waals surface area contributed by atoms with Gasteiger partial charge in [0.05, 0.1) is 12.6 Å². The summed E-state index contributed by atoms with van der Waals surface area (Å²) in [5.74, 6) is 1.14. The van der Waals surface area contributed by atoms with Crippen molar-refractivity contribution in [1.82, 2.24) is 15.2 Å². The van der Waals surface area contributed by atoms with Crippen LogP contribution in [-0.2, 0) is 16.0 Å². The van der Waals surface area contributed by atoms with Gasteiger partial charge < -0.3 is 29.4 Å². The summed E-state index contributed by atoms with van der Waals surface area (Å²) in [4.78, 5) is 31.4. The van der Waals surface area contributed by atoms with Crippen LogP contribution in [0.3, 0.4) is 0 Å². The zero-order valence-corrected chi connectivity index (χ0v) is 21.6. The molecule has 2 aliphatic rings. The van der Waals surface area contributed by atoms with Crippen molar-refractivity contribution in [3.05, 3.63) is 101 Å². The average molecular weight is 524 g/mol. The second-order valence-electron chi connectivity index (χ2n) is 9.56. The molecule has 2 aliphatic heterocycles. The van der Waals surface area contributed by atoms with E-state index in [4.69, 9.17) is 14.2 Å². The Morgan fingerprint density at radius 2 is 1.90 bits per heavy atom. The van der Waals surface area contributed by atoms with Crippen molar-refractivity contribution >= 4 is 28.8 Å². The van der Waals surface area contributed by atoms with Crippen LogP contribution < -0.4 is 14.8 Å². The summed E-state index contributed by atoms with van der Waals surface area (Å²) in [6.45, 7) is 1.68. The van der Waals surface area contributed by atoms with Crippen molar-refractivity contribution in [3.8, 4) is 11.5 Å². The lowest BCUT2D eigenvalue weighted by atomic mass is 9.92. The Kier molecular flexibility index (Phi) is 6.77. The maximum atomic E-state index is 13.6. The first-order valence-corrected chi connectivity index (χ1v) is 13.0. The summed E-state index contributed by atoms with van der Waals surface area (Å²) in [5.41, 5.74) is 5.66. The summed E-state index contributed by atoms with van der Waals surface area (Å²) in [6, 6.07) is 21.0. The maximum absolute atomic E-state index is 13.6. The van der Waals surface area contributed by atoms with E-state index in [1.54, 1.807) is 31.4 Å². The van der Waals surface area contributed by atoms with Gasteiger partial charge in [0.1, 0.15) is 0 Å². The average Bonchev–Trinajstić information content (AvgIpc) is 3.60. The Hall–Kier alpha value is -4.56. The molecule has 0 saturated carbocycles. The van der Waals surface area contributed by atoms with Crippen molar-refractivity contribution in [2.24, 2.45) is 0 Å². The van der Waals surface area contributed by atoms with E-state index >= 15 is 0 Å². The van der Waals surface area contributed by atoms with E-state index in [1.165, 1.54) is 10.9 Å². The normalized spacial score (nSPS) is 16.0. The highest BCUT2D eigenvalue weighted by atomic mass is 16.7. The number of para-hydroxylation sites is 1. The molecule has 8 nitrogen and oxygen atoms in total. The number of carbonyl (C=O) groups excluding carboxylic acids is 2. The predicted octanol–water partition coefficient (Wildman–Crippen LogP) is 4.46. The fourth-order valence-electron chi connectivity index (χ4n) is 5.29. The van der Waals surface area contributed by atoms with Gasteiger partial charge in [-0.1, -0.05) is 36.4 Å². The zero-order valence-electron chi connectivity index (χ0n) is 21.6. The number of ether oxygens (including phenoxy) is 3. The van der Waals surface area contributed by atoms with Crippen LogP contribution in [0.15, 0.2) is 72.8 Å². The number of aromatic amines is 1. The molecule has 0 aliphatic carbocycles. The minimum Gasteiger partial charge on any atom is -0.454 e. The van der Waals surface area contributed by atoms with E-state index in [1.807, 2.05) is 47.4 Å². The molecular formula is C31H29N3O5. The first-order chi connectivity index (χ1) is 19.1. The second kappa shape index (κ2) is 10.7. The van der Waals surface area contributed by atoms with Gasteiger partial charge in [-0.25, -0.2) is 0 Å². The summed E-state index contributed by atoms with van der Waals surface area (Å²) < 4.78 is 16.1. The number of fused-ring (bicyclic) bond motifs is 4. The number of benzene rings is 3. The Bertz CT molecular complexity index is 1560. The molecule has 6 rings (SSSR count). The molecule has 4 aromatic rings. The number of aromatic nitrogens is 1. The third kappa shape index (κ3) is 4.86. The first-order valence-electron chi connectivity index (χ1n) is 13.0. The number of rotatable bonds is 7. The summed E-state index contributed by atoms with van der Waals surface area (Å²) in [7, 11) is 1.59. The standard InChI is InChI=1S/C31H29N3O5/c1-37-17-15-32-31(36)21-9-6-20(7-10-21)8-13-28(35)34-16-14-24-23-4-2-3-5-25(23)33-29(24)30(34)22-11-12-26-27(18-22)39-19-38-26/h2-13,18,30,33H,14-17,19H2,1H3,(H,32,36). The summed E-state index contributed by atoms with van der Waals surface area (Å²) >= 11 is 0. The number of amides is 2. The number of H-pyrrole nitrogens is 1. The van der Waals surface area contributed by atoms with Crippen LogP contribution in [0.2, 0.25) is 0 Å². The van der Waals surface area contributed by atoms with Gasteiger partial charge in [0.15, 0.2) is 11.5 Å². The lowest BCUT2D eigenvalue weighted by Crippen LogP contribution is -2.39. The van der Waals surface area contributed by atoms with Gasteiger partial charge in [-0.2, -0.15) is 0 Å². The van der Waals surface area contributed by atoms with Gasteiger partial charge in [0.2, 0.25) is 12.7 Å². The molecule has 8 heteroatoms. The lowest BCUT2D eigenvalue weighted by molar-refractivity contribution is -0.128. The molecule has 0 saturated heterocycles. The molecule has 3 aromatic carbocycles. The van der Waals surface area contributed by atoms with Crippen LogP contribution in [0.1, 0.15) is 38.8 Å². The van der Waals surface area contributed by atoms with E-state index < -0.39 is 0 Å². The number of hydrogen-bond donors (Lipinski definition) is 2. The number of nitrogens with zero attached hydrogens (tertiary/aromatic N) is 1. The van der Waals surface area contributed by atoms with Crippen LogP contribution in [0.5, 0.6) is 11.5 Å². The van der Waals surface area contributed by atoms with Crippen LogP contribution in [0.4, 0.5) is 0 Å². The highest BCUT2D eigenvalue weighted by Gasteiger charge is 2.34. The first kappa shape index (κ1) is 24.8. The van der Waals surface area contributed by atoms with Crippen molar-refractivity contribution in [3.63, 3.8) is 0 Å². The van der Waals surface area contributed by atoms with Crippen molar-refractivity contribution in [1.29, 1.82) is 0 Å². The van der Waals surface area contributed by atoms with Crippen LogP contribution in [0.25, 0.3) is 17.0 Å². The maximum Gasteiger partial charge on any atom is 0.251 e. The monoisotopic (exact) mass is 523 g/mol. The molecule has 1 unspecified atom stereocenters. The van der Waals surface area contributed by atoms with Gasteiger partial charge in [-0.3, -0.25) is 9.59 Å². The fraction of sp³-hybridized carbons (Fsp3) is 0.226. The minimum atomic E-state index is -0.300. The third-order valence-electron chi connectivity index (χ3n) is 7.21. The molecule has 0 fully saturated rings. The van der Waals surface area contributed by atoms with E-state index in [0.717, 1.165) is 28.8 Å². The number of methoxy groups -OCH3 is 1. The largest absolute Gasteiger partial charge is 0.454 e. The molecular weight excluding hydrogens is 494 g/mol. The van der Waals surface area contributed by atoms with Gasteiger partial charge in [-0.15, -0.1) is 0 Å². The third-order valence-corrected chi connectivity index (χ3v) is 7.21. The van der Waals surface area contributed by atoms with Gasteiger partial charge in [0.25, 0.3) is 5.91 Å². The van der Waals surface area contributed by atoms with E-state index in [2.05, 4.69) is 22.4 Å². The SMILES string of the molecule is COCCNC(=O)c1ccc(C=CC(=O)N2CCc3c([nH]c4ccccc34)C2c2ccc3c(c2)OCO3)cc1. The van der Waals surface area contributed by atoms with Crippen molar-refractivity contribution in [2.75, 3.05) is 33.6 Å². The van der Waals surface area contributed by atoms with Gasteiger partial charge in [0, 0.05) is 48.4 Å². The molecule has 1 aromatic heterocycles. The molecule has 2 amide bonds. The van der Waals surface area contributed by atoms with Crippen LogP contribution in [0, 0.1) is 0 Å². The molecule has 39 heavy (non-hydrogen) atoms. The quantitative estimate of drug-likeness (QED) is 0.276. The highest BCUT2D eigenvalue weighted by molar-refractivity contribution is 5.95. The number of carbonyl (C=O) groups is 2. The van der Waals surface area contributed by atoms with Crippen molar-refractivity contribution in [2.45, 2.75) is 12.5 Å². The number of hydrogen-bond acceptors (Lipinski definition) is 5. The summed E-state index contributed by atoms with van der Waals surface area (Å²) in [5, 5.41) is 3.99. The number of nitrogens with one attached hydrogen (secondary N) is 2. The van der Waals surface area contributed by atoms with E-state index in [9.17, 15) is 9.59 Å².